The summed E-state index contributed by atoms with van der Waals surface area (Å²) >= 11 is 0. The molecule has 1 fully saturated rings. The second-order valence-electron chi connectivity index (χ2n) is 6.79. The molecule has 3 aromatic rings. The summed E-state index contributed by atoms with van der Waals surface area (Å²) < 4.78 is 27.0. The molecule has 0 saturated carbocycles. The number of hydrogen-bond acceptors (Lipinski definition) is 4. The van der Waals surface area contributed by atoms with E-state index in [4.69, 9.17) is 0 Å². The fraction of sp³-hybridized carbons (Fsp3) is 0.182. The minimum Gasteiger partial charge on any atom is -0.366 e. The SMILES string of the molecule is O=C(c1ccnc(Nc2ccc(F)cc2)c1)N1CCN(c2ccccc2F)CC1. The Labute approximate surface area is 167 Å². The molecule has 2 heterocycles. The van der Waals surface area contributed by atoms with E-state index in [-0.39, 0.29) is 17.5 Å². The Morgan fingerprint density at radius 3 is 2.38 bits per heavy atom. The summed E-state index contributed by atoms with van der Waals surface area (Å²) in [4.78, 5) is 20.8. The lowest BCUT2D eigenvalue weighted by molar-refractivity contribution is 0.0746. The number of carbonyl (C=O) groups excluding carboxylic acids is 1. The molecular weight excluding hydrogens is 374 g/mol. The van der Waals surface area contributed by atoms with Gasteiger partial charge in [-0.05, 0) is 48.5 Å². The van der Waals surface area contributed by atoms with Gasteiger partial charge in [0.25, 0.3) is 5.91 Å². The fourth-order valence-electron chi connectivity index (χ4n) is 3.35. The molecule has 0 aliphatic carbocycles. The lowest BCUT2D eigenvalue weighted by Gasteiger charge is -2.36. The maximum atomic E-state index is 14.0. The zero-order chi connectivity index (χ0) is 20.2. The van der Waals surface area contributed by atoms with Crippen molar-refractivity contribution in [1.29, 1.82) is 0 Å². The largest absolute Gasteiger partial charge is 0.366 e. The summed E-state index contributed by atoms with van der Waals surface area (Å²) in [7, 11) is 0. The molecule has 5 nitrogen and oxygen atoms in total. The average molecular weight is 394 g/mol. The molecule has 148 valence electrons. The quantitative estimate of drug-likeness (QED) is 0.725. The molecular formula is C22H20F2N4O. The molecule has 0 spiro atoms. The van der Waals surface area contributed by atoms with Crippen LogP contribution in [0.15, 0.2) is 66.9 Å². The van der Waals surface area contributed by atoms with Crippen molar-refractivity contribution < 1.29 is 13.6 Å². The standard InChI is InChI=1S/C22H20F2N4O/c23-17-5-7-18(8-6-17)26-21-15-16(9-10-25-21)22(29)28-13-11-27(12-14-28)20-4-2-1-3-19(20)24/h1-10,15H,11-14H2,(H,25,26). The van der Waals surface area contributed by atoms with Crippen LogP contribution in [0.3, 0.4) is 0 Å². The zero-order valence-corrected chi connectivity index (χ0v) is 15.7. The van der Waals surface area contributed by atoms with E-state index in [1.165, 1.54) is 18.2 Å². The molecule has 1 N–H and O–H groups in total. The fourth-order valence-corrected chi connectivity index (χ4v) is 3.35. The van der Waals surface area contributed by atoms with Crippen LogP contribution in [0.2, 0.25) is 0 Å². The second kappa shape index (κ2) is 8.26. The third-order valence-electron chi connectivity index (χ3n) is 4.88. The molecule has 0 unspecified atom stereocenters. The highest BCUT2D eigenvalue weighted by molar-refractivity contribution is 5.95. The van der Waals surface area contributed by atoms with Gasteiger partial charge in [0.15, 0.2) is 0 Å². The van der Waals surface area contributed by atoms with Crippen LogP contribution in [-0.4, -0.2) is 42.0 Å². The Hall–Kier alpha value is -3.48. The van der Waals surface area contributed by atoms with Gasteiger partial charge in [0, 0.05) is 43.6 Å². The van der Waals surface area contributed by atoms with Crippen LogP contribution < -0.4 is 10.2 Å². The number of pyridine rings is 1. The summed E-state index contributed by atoms with van der Waals surface area (Å²) in [5, 5.41) is 3.07. The normalized spacial score (nSPS) is 14.0. The molecule has 0 radical (unpaired) electrons. The van der Waals surface area contributed by atoms with Gasteiger partial charge in [0.05, 0.1) is 5.69 Å². The van der Waals surface area contributed by atoms with Crippen LogP contribution in [0.1, 0.15) is 10.4 Å². The van der Waals surface area contributed by atoms with E-state index in [0.717, 1.165) is 0 Å². The monoisotopic (exact) mass is 394 g/mol. The first kappa shape index (κ1) is 18.9. The van der Waals surface area contributed by atoms with Crippen LogP contribution in [0.25, 0.3) is 0 Å². The van der Waals surface area contributed by atoms with Gasteiger partial charge in [0.2, 0.25) is 0 Å². The summed E-state index contributed by atoms with van der Waals surface area (Å²) in [6.07, 6.45) is 1.56. The van der Waals surface area contributed by atoms with E-state index in [9.17, 15) is 13.6 Å². The van der Waals surface area contributed by atoms with E-state index in [1.54, 1.807) is 47.5 Å². The second-order valence-corrected chi connectivity index (χ2v) is 6.79. The average Bonchev–Trinajstić information content (AvgIpc) is 2.76. The first-order valence-electron chi connectivity index (χ1n) is 9.37. The Balaban J connectivity index is 1.41. The number of benzene rings is 2. The molecule has 1 aliphatic heterocycles. The third-order valence-corrected chi connectivity index (χ3v) is 4.88. The summed E-state index contributed by atoms with van der Waals surface area (Å²) in [6.45, 7) is 2.16. The van der Waals surface area contributed by atoms with Crippen molar-refractivity contribution in [3.05, 3.63) is 84.1 Å². The number of amides is 1. The molecule has 1 amide bonds. The van der Waals surface area contributed by atoms with Crippen LogP contribution in [0.5, 0.6) is 0 Å². The number of aromatic nitrogens is 1. The predicted octanol–water partition coefficient (Wildman–Crippen LogP) is 4.07. The molecule has 1 aromatic heterocycles. The van der Waals surface area contributed by atoms with Crippen LogP contribution >= 0.6 is 0 Å². The molecule has 1 saturated heterocycles. The minimum atomic E-state index is -0.318. The molecule has 0 bridgehead atoms. The van der Waals surface area contributed by atoms with Gasteiger partial charge < -0.3 is 15.1 Å². The smallest absolute Gasteiger partial charge is 0.254 e. The maximum Gasteiger partial charge on any atom is 0.254 e. The van der Waals surface area contributed by atoms with Crippen molar-refractivity contribution in [3.8, 4) is 0 Å². The van der Waals surface area contributed by atoms with Crippen molar-refractivity contribution >= 4 is 23.1 Å². The van der Waals surface area contributed by atoms with Crippen LogP contribution in [0, 0.1) is 11.6 Å². The highest BCUT2D eigenvalue weighted by Crippen LogP contribution is 2.21. The number of nitrogens with one attached hydrogen (secondary N) is 1. The van der Waals surface area contributed by atoms with E-state index < -0.39 is 0 Å². The number of para-hydroxylation sites is 1. The van der Waals surface area contributed by atoms with Gasteiger partial charge in [-0.25, -0.2) is 13.8 Å². The summed E-state index contributed by atoms with van der Waals surface area (Å²) in [5.41, 5.74) is 1.76. The van der Waals surface area contributed by atoms with Crippen LogP contribution in [0.4, 0.5) is 26.0 Å². The molecule has 29 heavy (non-hydrogen) atoms. The topological polar surface area (TPSA) is 48.5 Å². The summed E-state index contributed by atoms with van der Waals surface area (Å²) in [5.74, 6) is -0.157. The van der Waals surface area contributed by atoms with E-state index >= 15 is 0 Å². The van der Waals surface area contributed by atoms with E-state index in [1.807, 2.05) is 11.0 Å². The van der Waals surface area contributed by atoms with Crippen molar-refractivity contribution in [2.75, 3.05) is 36.4 Å². The predicted molar refractivity (Wildman–Crippen MR) is 108 cm³/mol. The van der Waals surface area contributed by atoms with Gasteiger partial charge in [-0.1, -0.05) is 12.1 Å². The Morgan fingerprint density at radius 2 is 1.66 bits per heavy atom. The number of piperazine rings is 1. The third kappa shape index (κ3) is 4.34. The number of carbonyl (C=O) groups is 1. The molecule has 0 atom stereocenters. The van der Waals surface area contributed by atoms with Crippen molar-refractivity contribution in [2.24, 2.45) is 0 Å². The lowest BCUT2D eigenvalue weighted by Crippen LogP contribution is -2.49. The molecule has 4 rings (SSSR count). The number of halogens is 2. The Kier molecular flexibility index (Phi) is 5.37. The highest BCUT2D eigenvalue weighted by atomic mass is 19.1. The highest BCUT2D eigenvalue weighted by Gasteiger charge is 2.23. The van der Waals surface area contributed by atoms with Gasteiger partial charge in [-0.15, -0.1) is 0 Å². The van der Waals surface area contributed by atoms with Crippen molar-refractivity contribution in [3.63, 3.8) is 0 Å². The number of rotatable bonds is 4. The van der Waals surface area contributed by atoms with Crippen LogP contribution in [-0.2, 0) is 0 Å². The summed E-state index contributed by atoms with van der Waals surface area (Å²) in [6, 6.07) is 15.9. The molecule has 7 heteroatoms. The zero-order valence-electron chi connectivity index (χ0n) is 15.7. The molecule has 2 aromatic carbocycles. The Morgan fingerprint density at radius 1 is 0.931 bits per heavy atom. The Bertz CT molecular complexity index is 1000. The van der Waals surface area contributed by atoms with Gasteiger partial charge in [0.1, 0.15) is 17.5 Å². The molecule has 1 aliphatic rings. The number of anilines is 3. The number of hydrogen-bond donors (Lipinski definition) is 1. The van der Waals surface area contributed by atoms with E-state index in [0.29, 0.717) is 48.9 Å². The van der Waals surface area contributed by atoms with Crippen molar-refractivity contribution in [2.45, 2.75) is 0 Å². The van der Waals surface area contributed by atoms with Gasteiger partial charge in [-0.2, -0.15) is 0 Å². The first-order chi connectivity index (χ1) is 14.1. The van der Waals surface area contributed by atoms with Gasteiger partial charge in [-0.3, -0.25) is 4.79 Å². The van der Waals surface area contributed by atoms with Gasteiger partial charge >= 0.3 is 0 Å². The van der Waals surface area contributed by atoms with E-state index in [2.05, 4.69) is 10.3 Å². The maximum absolute atomic E-state index is 14.0. The minimum absolute atomic E-state index is 0.0947. The van der Waals surface area contributed by atoms with Crippen molar-refractivity contribution in [1.82, 2.24) is 9.88 Å². The first-order valence-corrected chi connectivity index (χ1v) is 9.37. The lowest BCUT2D eigenvalue weighted by atomic mass is 10.2. The number of nitrogens with zero attached hydrogens (tertiary/aromatic N) is 3.